The molecule has 1 aromatic heterocycles. The van der Waals surface area contributed by atoms with Gasteiger partial charge in [0.1, 0.15) is 17.1 Å². The molecule has 0 spiro atoms. The van der Waals surface area contributed by atoms with E-state index >= 15 is 0 Å². The van der Waals surface area contributed by atoms with E-state index in [2.05, 4.69) is 9.97 Å². The van der Waals surface area contributed by atoms with Gasteiger partial charge in [-0.05, 0) is 17.7 Å². The minimum Gasteiger partial charge on any atom is -0.438 e. The first kappa shape index (κ1) is 20.0. The van der Waals surface area contributed by atoms with Gasteiger partial charge in [-0.1, -0.05) is 39.0 Å². The van der Waals surface area contributed by atoms with Crippen LogP contribution in [-0.4, -0.2) is 48.5 Å². The molecular weight excluding hydrogens is 378 g/mol. The number of hydrogen-bond acceptors (Lipinski definition) is 6. The molecule has 28 heavy (non-hydrogen) atoms. The van der Waals surface area contributed by atoms with E-state index in [4.69, 9.17) is 4.74 Å². The molecule has 2 heterocycles. The number of benzene rings is 1. The molecular formula is C20H23N3O4S. The van der Waals surface area contributed by atoms with E-state index in [0.717, 1.165) is 6.26 Å². The van der Waals surface area contributed by atoms with E-state index in [0.29, 0.717) is 17.1 Å². The highest BCUT2D eigenvalue weighted by Crippen LogP contribution is 2.29. The predicted octanol–water partition coefficient (Wildman–Crippen LogP) is 2.95. The first-order chi connectivity index (χ1) is 13.0. The fourth-order valence-corrected chi connectivity index (χ4v) is 3.44. The van der Waals surface area contributed by atoms with Crippen LogP contribution in [0.5, 0.6) is 11.6 Å². The Morgan fingerprint density at radius 3 is 2.39 bits per heavy atom. The highest BCUT2D eigenvalue weighted by molar-refractivity contribution is 7.93. The van der Waals surface area contributed by atoms with E-state index < -0.39 is 9.84 Å². The zero-order chi connectivity index (χ0) is 20.5. The molecule has 1 aliphatic rings. The van der Waals surface area contributed by atoms with E-state index in [1.807, 2.05) is 39.0 Å². The fourth-order valence-electron chi connectivity index (χ4n) is 2.69. The van der Waals surface area contributed by atoms with Crippen LogP contribution in [0, 0.1) is 0 Å². The molecule has 3 rings (SSSR count). The second kappa shape index (κ2) is 7.35. The molecule has 1 saturated heterocycles. The van der Waals surface area contributed by atoms with Crippen molar-refractivity contribution in [2.45, 2.75) is 26.2 Å². The number of likely N-dealkylation sites (tertiary alicyclic amines) is 1. The fraction of sp³-hybridized carbons (Fsp3) is 0.350. The zero-order valence-electron chi connectivity index (χ0n) is 16.3. The average Bonchev–Trinajstić information content (AvgIpc) is 2.56. The summed E-state index contributed by atoms with van der Waals surface area (Å²) in [6.07, 6.45) is 2.61. The third kappa shape index (κ3) is 4.75. The highest BCUT2D eigenvalue weighted by Gasteiger charge is 2.31. The molecule has 0 radical (unpaired) electrons. The number of nitrogens with zero attached hydrogens (tertiary/aromatic N) is 3. The Morgan fingerprint density at radius 2 is 1.82 bits per heavy atom. The van der Waals surface area contributed by atoms with Crippen molar-refractivity contribution in [1.82, 2.24) is 14.9 Å². The molecule has 0 N–H and O–H groups in total. The van der Waals surface area contributed by atoms with Gasteiger partial charge in [-0.2, -0.15) is 4.98 Å². The highest BCUT2D eigenvalue weighted by atomic mass is 32.2. The Labute approximate surface area is 165 Å². The third-order valence-corrected chi connectivity index (χ3v) is 4.83. The number of carbonyl (C=O) groups excluding carboxylic acids is 1. The first-order valence-electron chi connectivity index (χ1n) is 8.82. The minimum absolute atomic E-state index is 0.191. The van der Waals surface area contributed by atoms with Crippen molar-refractivity contribution in [1.29, 1.82) is 0 Å². The van der Waals surface area contributed by atoms with Gasteiger partial charge in [0, 0.05) is 36.4 Å². The number of rotatable bonds is 4. The number of carbonyl (C=O) groups is 1. The molecule has 1 amide bonds. The van der Waals surface area contributed by atoms with Crippen LogP contribution in [0.1, 0.15) is 37.0 Å². The van der Waals surface area contributed by atoms with Crippen LogP contribution in [0.25, 0.3) is 0 Å². The van der Waals surface area contributed by atoms with Crippen LogP contribution in [0.15, 0.2) is 47.5 Å². The number of hydrogen-bond donors (Lipinski definition) is 0. The van der Waals surface area contributed by atoms with Crippen molar-refractivity contribution in [2.75, 3.05) is 19.3 Å². The summed E-state index contributed by atoms with van der Waals surface area (Å²) >= 11 is 0. The van der Waals surface area contributed by atoms with Crippen molar-refractivity contribution in [2.24, 2.45) is 0 Å². The van der Waals surface area contributed by atoms with E-state index in [1.165, 1.54) is 16.5 Å². The largest absolute Gasteiger partial charge is 0.438 e. The van der Waals surface area contributed by atoms with Crippen molar-refractivity contribution in [3.05, 3.63) is 58.9 Å². The summed E-state index contributed by atoms with van der Waals surface area (Å²) in [5, 5.41) is 1.21. The Kier molecular flexibility index (Phi) is 5.25. The summed E-state index contributed by atoms with van der Waals surface area (Å²) in [4.78, 5) is 23.3. The van der Waals surface area contributed by atoms with Gasteiger partial charge in [-0.25, -0.2) is 13.4 Å². The normalized spacial score (nSPS) is 14.4. The second-order valence-corrected chi connectivity index (χ2v) is 9.74. The van der Waals surface area contributed by atoms with Gasteiger partial charge in [-0.15, -0.1) is 0 Å². The summed E-state index contributed by atoms with van der Waals surface area (Å²) in [7, 11) is -3.22. The number of amides is 1. The standard InChI is InChI=1S/C20H23N3O4S/c1-20(2,3)19-21-10-16(17(22-19)27-15-8-6-5-7-9-15)18(24)23-11-14(12-23)13-28(4,25)26/h5-10,13H,11-12H2,1-4H3. The molecule has 8 heteroatoms. The number of para-hydroxylation sites is 1. The van der Waals surface area contributed by atoms with Gasteiger partial charge >= 0.3 is 0 Å². The summed E-state index contributed by atoms with van der Waals surface area (Å²) in [6.45, 7) is 6.46. The Hall–Kier alpha value is -2.74. The summed E-state index contributed by atoms with van der Waals surface area (Å²) in [5.41, 5.74) is 0.627. The molecule has 2 aromatic rings. The Morgan fingerprint density at radius 1 is 1.18 bits per heavy atom. The molecule has 0 saturated carbocycles. The lowest BCUT2D eigenvalue weighted by atomic mass is 9.95. The van der Waals surface area contributed by atoms with E-state index in [-0.39, 0.29) is 35.9 Å². The van der Waals surface area contributed by atoms with Crippen LogP contribution in [0.2, 0.25) is 0 Å². The topological polar surface area (TPSA) is 89.5 Å². The summed E-state index contributed by atoms with van der Waals surface area (Å²) < 4.78 is 28.6. The third-order valence-electron chi connectivity index (χ3n) is 4.07. The molecule has 148 valence electrons. The van der Waals surface area contributed by atoms with Gasteiger partial charge in [0.25, 0.3) is 5.91 Å². The van der Waals surface area contributed by atoms with E-state index in [1.54, 1.807) is 12.1 Å². The monoisotopic (exact) mass is 401 g/mol. The molecule has 1 aliphatic heterocycles. The van der Waals surface area contributed by atoms with Gasteiger partial charge in [0.05, 0.1) is 0 Å². The smallest absolute Gasteiger partial charge is 0.261 e. The molecule has 0 atom stereocenters. The maximum absolute atomic E-state index is 12.9. The molecule has 0 unspecified atom stereocenters. The summed E-state index contributed by atoms with van der Waals surface area (Å²) in [5.74, 6) is 1.03. The van der Waals surface area contributed by atoms with Crippen LogP contribution < -0.4 is 4.74 Å². The molecule has 0 aliphatic carbocycles. The van der Waals surface area contributed by atoms with Gasteiger partial charge in [0.2, 0.25) is 5.88 Å². The lowest BCUT2D eigenvalue weighted by Gasteiger charge is -2.34. The van der Waals surface area contributed by atoms with Crippen LogP contribution >= 0.6 is 0 Å². The van der Waals surface area contributed by atoms with Crippen molar-refractivity contribution >= 4 is 15.7 Å². The molecule has 7 nitrogen and oxygen atoms in total. The Bertz CT molecular complexity index is 1020. The number of ether oxygens (including phenoxy) is 1. The molecule has 1 fully saturated rings. The number of sulfone groups is 1. The maximum Gasteiger partial charge on any atom is 0.261 e. The van der Waals surface area contributed by atoms with E-state index in [9.17, 15) is 13.2 Å². The summed E-state index contributed by atoms with van der Waals surface area (Å²) in [6, 6.07) is 9.10. The van der Waals surface area contributed by atoms with Crippen LogP contribution in [0.3, 0.4) is 0 Å². The Balaban J connectivity index is 1.89. The SMILES string of the molecule is CC(C)(C)c1ncc(C(=O)N2CC(=CS(C)(=O)=O)C2)c(Oc2ccccc2)n1. The first-order valence-corrected chi connectivity index (χ1v) is 10.8. The number of aromatic nitrogens is 2. The average molecular weight is 401 g/mol. The van der Waals surface area contributed by atoms with Gasteiger partial charge in [-0.3, -0.25) is 4.79 Å². The predicted molar refractivity (Wildman–Crippen MR) is 106 cm³/mol. The quantitative estimate of drug-likeness (QED) is 0.782. The van der Waals surface area contributed by atoms with Crippen LogP contribution in [0.4, 0.5) is 0 Å². The minimum atomic E-state index is -3.22. The van der Waals surface area contributed by atoms with Crippen LogP contribution in [-0.2, 0) is 15.3 Å². The van der Waals surface area contributed by atoms with Crippen molar-refractivity contribution in [3.63, 3.8) is 0 Å². The zero-order valence-corrected chi connectivity index (χ0v) is 17.2. The van der Waals surface area contributed by atoms with Gasteiger partial charge < -0.3 is 9.64 Å². The van der Waals surface area contributed by atoms with Gasteiger partial charge in [0.15, 0.2) is 9.84 Å². The molecule has 1 aromatic carbocycles. The lowest BCUT2D eigenvalue weighted by molar-refractivity contribution is 0.0723. The molecule has 0 bridgehead atoms. The second-order valence-electron chi connectivity index (χ2n) is 7.84. The van der Waals surface area contributed by atoms with Crippen molar-refractivity contribution < 1.29 is 17.9 Å². The lowest BCUT2D eigenvalue weighted by Crippen LogP contribution is -2.45. The maximum atomic E-state index is 12.9. The van der Waals surface area contributed by atoms with Crippen molar-refractivity contribution in [3.8, 4) is 11.6 Å².